The van der Waals surface area contributed by atoms with Crippen LogP contribution in [0.5, 0.6) is 0 Å². The molecule has 0 radical (unpaired) electrons. The first-order chi connectivity index (χ1) is 9.67. The van der Waals surface area contributed by atoms with Gasteiger partial charge in [-0.05, 0) is 37.3 Å². The van der Waals surface area contributed by atoms with Crippen LogP contribution in [-0.2, 0) is 4.79 Å². The Morgan fingerprint density at radius 1 is 1.50 bits per heavy atom. The normalized spacial score (nSPS) is 32.1. The van der Waals surface area contributed by atoms with E-state index < -0.39 is 0 Å². The number of nitrogens with one attached hydrogen (secondary N) is 2. The zero-order chi connectivity index (χ0) is 14.3. The van der Waals surface area contributed by atoms with Crippen molar-refractivity contribution in [2.24, 2.45) is 5.92 Å². The molecule has 0 aromatic heterocycles. The van der Waals surface area contributed by atoms with Crippen molar-refractivity contribution in [1.29, 1.82) is 0 Å². The van der Waals surface area contributed by atoms with Crippen LogP contribution in [0.1, 0.15) is 20.3 Å². The molecule has 3 heterocycles. The summed E-state index contributed by atoms with van der Waals surface area (Å²) in [6.45, 7) is 4.99. The van der Waals surface area contributed by atoms with Gasteiger partial charge in [0, 0.05) is 31.8 Å². The van der Waals surface area contributed by atoms with Gasteiger partial charge in [0.25, 0.3) is 0 Å². The minimum Gasteiger partial charge on any atom is -0.367 e. The summed E-state index contributed by atoms with van der Waals surface area (Å²) in [4.78, 5) is 14.2. The van der Waals surface area contributed by atoms with E-state index in [0.29, 0.717) is 12.3 Å². The van der Waals surface area contributed by atoms with Crippen molar-refractivity contribution < 1.29 is 4.79 Å². The molecule has 1 fully saturated rings. The number of nitrogens with zero attached hydrogens (tertiary/aromatic N) is 2. The third-order valence-corrected chi connectivity index (χ3v) is 4.55. The van der Waals surface area contributed by atoms with Crippen LogP contribution in [0, 0.1) is 5.92 Å². The summed E-state index contributed by atoms with van der Waals surface area (Å²) in [5.74, 6) is 0.552. The minimum absolute atomic E-state index is 0.133. The van der Waals surface area contributed by atoms with Crippen molar-refractivity contribution in [3.63, 3.8) is 0 Å². The van der Waals surface area contributed by atoms with Gasteiger partial charge >= 0.3 is 0 Å². The first kappa shape index (κ1) is 13.2. The number of carbonyl (C=O) groups excluding carboxylic acids is 1. The van der Waals surface area contributed by atoms with Crippen molar-refractivity contribution >= 4 is 5.91 Å². The number of hydrazine groups is 1. The van der Waals surface area contributed by atoms with Crippen molar-refractivity contribution in [1.82, 2.24) is 20.7 Å². The van der Waals surface area contributed by atoms with Gasteiger partial charge in [0.15, 0.2) is 0 Å². The minimum atomic E-state index is 0.133. The van der Waals surface area contributed by atoms with Gasteiger partial charge in [-0.15, -0.1) is 0 Å². The molecule has 20 heavy (non-hydrogen) atoms. The molecule has 3 rings (SSSR count). The van der Waals surface area contributed by atoms with E-state index in [4.69, 9.17) is 0 Å². The Balaban J connectivity index is 2.03. The van der Waals surface area contributed by atoms with Gasteiger partial charge in [-0.1, -0.05) is 6.08 Å². The number of piperidine rings is 1. The number of hydrogen-bond acceptors (Lipinski definition) is 4. The average molecular weight is 274 g/mol. The van der Waals surface area contributed by atoms with Crippen molar-refractivity contribution in [3.8, 4) is 0 Å². The molecular formula is C15H22N4O. The highest BCUT2D eigenvalue weighted by molar-refractivity contribution is 5.81. The van der Waals surface area contributed by atoms with E-state index >= 15 is 0 Å². The number of rotatable bonds is 2. The lowest BCUT2D eigenvalue weighted by Gasteiger charge is -2.48. The summed E-state index contributed by atoms with van der Waals surface area (Å²) in [6, 6.07) is 0.216. The summed E-state index contributed by atoms with van der Waals surface area (Å²) in [7, 11) is 1.90. The molecule has 0 saturated carbocycles. The van der Waals surface area contributed by atoms with Crippen LogP contribution < -0.4 is 10.7 Å². The average Bonchev–Trinajstić information content (AvgIpc) is 2.46. The largest absolute Gasteiger partial charge is 0.367 e. The first-order valence-corrected chi connectivity index (χ1v) is 7.25. The molecule has 0 aromatic rings. The fourth-order valence-corrected chi connectivity index (χ4v) is 3.64. The fourth-order valence-electron chi connectivity index (χ4n) is 3.64. The summed E-state index contributed by atoms with van der Waals surface area (Å²) in [6.07, 6.45) is 8.95. The van der Waals surface area contributed by atoms with E-state index in [1.807, 2.05) is 29.2 Å². The third-order valence-electron chi connectivity index (χ3n) is 4.55. The number of dihydropyridines is 1. The SMILES string of the molecule is CCN1C(=O)CC2=CN(NC)C3NC=CC=C3C2C1C. The Morgan fingerprint density at radius 2 is 2.30 bits per heavy atom. The van der Waals surface area contributed by atoms with Crippen LogP contribution >= 0.6 is 0 Å². The third kappa shape index (κ3) is 1.85. The standard InChI is InChI=1S/C15H22N4O/c1-4-18-10(2)14-11(8-13(18)20)9-19(16-3)15-12(14)6-5-7-17-15/h5-7,9-10,14-17H,4,8H2,1-3H3. The molecule has 2 N–H and O–H groups in total. The molecule has 5 heteroatoms. The van der Waals surface area contributed by atoms with E-state index in [0.717, 1.165) is 6.54 Å². The lowest BCUT2D eigenvalue weighted by Crippen LogP contribution is -2.58. The molecule has 5 nitrogen and oxygen atoms in total. The van der Waals surface area contributed by atoms with Gasteiger partial charge in [-0.3, -0.25) is 9.80 Å². The Hall–Kier alpha value is -1.75. The maximum atomic E-state index is 12.2. The number of allylic oxidation sites excluding steroid dienone is 2. The van der Waals surface area contributed by atoms with Crippen molar-refractivity contribution in [3.05, 3.63) is 35.7 Å². The Bertz CT molecular complexity index is 508. The first-order valence-electron chi connectivity index (χ1n) is 7.25. The van der Waals surface area contributed by atoms with Gasteiger partial charge in [0.05, 0.1) is 6.42 Å². The van der Waals surface area contributed by atoms with E-state index in [2.05, 4.69) is 36.9 Å². The molecule has 0 aromatic carbocycles. The summed E-state index contributed by atoms with van der Waals surface area (Å²) in [5, 5.41) is 5.43. The fraction of sp³-hybridized carbons (Fsp3) is 0.533. The number of likely N-dealkylation sites (tertiary alicyclic amines) is 1. The van der Waals surface area contributed by atoms with Crippen LogP contribution in [-0.4, -0.2) is 41.6 Å². The molecule has 3 aliphatic heterocycles. The molecule has 0 spiro atoms. The van der Waals surface area contributed by atoms with E-state index in [1.165, 1.54) is 11.1 Å². The highest BCUT2D eigenvalue weighted by atomic mass is 16.2. The van der Waals surface area contributed by atoms with Gasteiger partial charge in [-0.2, -0.15) is 0 Å². The highest BCUT2D eigenvalue weighted by Crippen LogP contribution is 2.40. The molecule has 0 aliphatic carbocycles. The number of amides is 1. The van der Waals surface area contributed by atoms with E-state index in [9.17, 15) is 4.79 Å². The quantitative estimate of drug-likeness (QED) is 0.787. The molecule has 3 aliphatic rings. The summed E-state index contributed by atoms with van der Waals surface area (Å²) in [5.41, 5.74) is 5.73. The molecule has 0 bridgehead atoms. The zero-order valence-electron chi connectivity index (χ0n) is 12.3. The molecule has 108 valence electrons. The Kier molecular flexibility index (Phi) is 3.30. The topological polar surface area (TPSA) is 47.6 Å². The van der Waals surface area contributed by atoms with Crippen LogP contribution in [0.15, 0.2) is 35.7 Å². The molecule has 1 saturated heterocycles. The van der Waals surface area contributed by atoms with Crippen LogP contribution in [0.3, 0.4) is 0 Å². The smallest absolute Gasteiger partial charge is 0.227 e. The molecule has 3 atom stereocenters. The van der Waals surface area contributed by atoms with Crippen molar-refractivity contribution in [2.45, 2.75) is 32.5 Å². The Morgan fingerprint density at radius 3 is 3.00 bits per heavy atom. The maximum absolute atomic E-state index is 12.2. The van der Waals surface area contributed by atoms with E-state index in [-0.39, 0.29) is 18.1 Å². The van der Waals surface area contributed by atoms with Crippen molar-refractivity contribution in [2.75, 3.05) is 13.6 Å². The predicted octanol–water partition coefficient (Wildman–Crippen LogP) is 0.947. The number of carbonyl (C=O) groups is 1. The van der Waals surface area contributed by atoms with Crippen LogP contribution in [0.2, 0.25) is 0 Å². The summed E-state index contributed by atoms with van der Waals surface area (Å²) < 4.78 is 0. The lowest BCUT2D eigenvalue weighted by molar-refractivity contribution is -0.135. The second-order valence-corrected chi connectivity index (χ2v) is 5.50. The predicted molar refractivity (Wildman–Crippen MR) is 78.1 cm³/mol. The second kappa shape index (κ2) is 4.98. The zero-order valence-corrected chi connectivity index (χ0v) is 12.3. The van der Waals surface area contributed by atoms with Gasteiger partial charge in [0.1, 0.15) is 6.17 Å². The van der Waals surface area contributed by atoms with Gasteiger partial charge in [0.2, 0.25) is 5.91 Å². The molecular weight excluding hydrogens is 252 g/mol. The monoisotopic (exact) mass is 274 g/mol. The summed E-state index contributed by atoms with van der Waals surface area (Å²) >= 11 is 0. The maximum Gasteiger partial charge on any atom is 0.227 e. The van der Waals surface area contributed by atoms with Gasteiger partial charge < -0.3 is 10.2 Å². The molecule has 3 unspecified atom stereocenters. The highest BCUT2D eigenvalue weighted by Gasteiger charge is 2.43. The van der Waals surface area contributed by atoms with Gasteiger partial charge in [-0.25, -0.2) is 5.43 Å². The number of hydrogen-bond donors (Lipinski definition) is 2. The number of fused-ring (bicyclic) bond motifs is 3. The van der Waals surface area contributed by atoms with E-state index in [1.54, 1.807) is 0 Å². The van der Waals surface area contributed by atoms with Crippen LogP contribution in [0.4, 0.5) is 0 Å². The Labute approximate surface area is 120 Å². The lowest BCUT2D eigenvalue weighted by atomic mass is 9.76. The van der Waals surface area contributed by atoms with Crippen LogP contribution in [0.25, 0.3) is 0 Å². The molecule has 1 amide bonds. The second-order valence-electron chi connectivity index (χ2n) is 5.50.